The van der Waals surface area contributed by atoms with E-state index in [-0.39, 0.29) is 5.92 Å². The van der Waals surface area contributed by atoms with Crippen LogP contribution in [-0.2, 0) is 0 Å². The average Bonchev–Trinajstić information content (AvgIpc) is 2.29. The van der Waals surface area contributed by atoms with Crippen molar-refractivity contribution in [2.75, 3.05) is 0 Å². The highest BCUT2D eigenvalue weighted by molar-refractivity contribution is 6.32. The molecule has 0 aromatic heterocycles. The highest BCUT2D eigenvalue weighted by atomic mass is 35.5. The van der Waals surface area contributed by atoms with Crippen molar-refractivity contribution in [3.8, 4) is 0 Å². The second-order valence-corrected chi connectivity index (χ2v) is 4.41. The van der Waals surface area contributed by atoms with Gasteiger partial charge in [-0.25, -0.2) is 0 Å². The Labute approximate surface area is 110 Å². The Balaban J connectivity index is 4.86. The van der Waals surface area contributed by atoms with Gasteiger partial charge in [0.1, 0.15) is 0 Å². The fourth-order valence-corrected chi connectivity index (χ4v) is 1.23. The molecular weight excluding hydrogens is 228 g/mol. The molecule has 0 aromatic rings. The first-order valence-electron chi connectivity index (χ1n) is 5.58. The summed E-state index contributed by atoms with van der Waals surface area (Å²) in [7, 11) is 0. The van der Waals surface area contributed by atoms with Crippen LogP contribution in [0.25, 0.3) is 0 Å². The number of hydrogen-bond acceptors (Lipinski definition) is 0. The van der Waals surface area contributed by atoms with Gasteiger partial charge >= 0.3 is 0 Å². The Bertz CT molecular complexity index is 392. The van der Waals surface area contributed by atoms with Crippen LogP contribution in [0.5, 0.6) is 0 Å². The van der Waals surface area contributed by atoms with E-state index in [1.165, 1.54) is 5.57 Å². The molecule has 0 radical (unpaired) electrons. The molecule has 0 aromatic carbocycles. The lowest BCUT2D eigenvalue weighted by molar-refractivity contribution is 1.01. The summed E-state index contributed by atoms with van der Waals surface area (Å²) in [5.74, 6) is 0.0954. The van der Waals surface area contributed by atoms with E-state index in [9.17, 15) is 0 Å². The van der Waals surface area contributed by atoms with Crippen LogP contribution in [0, 0.1) is 5.92 Å². The monoisotopic (exact) mass is 248 g/mol. The van der Waals surface area contributed by atoms with Crippen LogP contribution in [0.1, 0.15) is 20.8 Å². The third-order valence-electron chi connectivity index (χ3n) is 2.42. The van der Waals surface area contributed by atoms with Gasteiger partial charge in [-0.2, -0.15) is 0 Å². The predicted octanol–water partition coefficient (Wildman–Crippen LogP) is 5.57. The molecule has 1 unspecified atom stereocenters. The van der Waals surface area contributed by atoms with Gasteiger partial charge in [0, 0.05) is 11.0 Å². The lowest BCUT2D eigenvalue weighted by atomic mass is 9.98. The van der Waals surface area contributed by atoms with Gasteiger partial charge in [0.05, 0.1) is 0 Å². The summed E-state index contributed by atoms with van der Waals surface area (Å²) in [6.07, 6.45) is 9.85. The Morgan fingerprint density at radius 1 is 1.24 bits per heavy atom. The summed E-state index contributed by atoms with van der Waals surface area (Å²) >= 11 is 6.03. The van der Waals surface area contributed by atoms with Crippen molar-refractivity contribution in [2.24, 2.45) is 5.92 Å². The molecule has 0 aliphatic carbocycles. The van der Waals surface area contributed by atoms with E-state index in [4.69, 9.17) is 11.6 Å². The van der Waals surface area contributed by atoms with Crippen molar-refractivity contribution in [2.45, 2.75) is 20.8 Å². The summed E-state index contributed by atoms with van der Waals surface area (Å²) in [6.45, 7) is 17.5. The summed E-state index contributed by atoms with van der Waals surface area (Å²) in [4.78, 5) is 0. The Morgan fingerprint density at radius 2 is 1.82 bits per heavy atom. The predicted molar refractivity (Wildman–Crippen MR) is 80.1 cm³/mol. The fourth-order valence-electron chi connectivity index (χ4n) is 1.09. The van der Waals surface area contributed by atoms with Crippen LogP contribution in [0.4, 0.5) is 0 Å². The minimum Gasteiger partial charge on any atom is -0.102 e. The smallest absolute Gasteiger partial charge is 0.0432 e. The van der Waals surface area contributed by atoms with Crippen molar-refractivity contribution in [3.63, 3.8) is 0 Å². The minimum absolute atomic E-state index is 0.0954. The third kappa shape index (κ3) is 6.13. The molecule has 1 atom stereocenters. The van der Waals surface area contributed by atoms with Gasteiger partial charge in [-0.15, -0.1) is 6.58 Å². The maximum Gasteiger partial charge on any atom is 0.0432 e. The van der Waals surface area contributed by atoms with Crippen LogP contribution in [-0.4, -0.2) is 0 Å². The molecule has 0 fully saturated rings. The lowest BCUT2D eigenvalue weighted by Gasteiger charge is -2.08. The zero-order valence-electron chi connectivity index (χ0n) is 11.0. The van der Waals surface area contributed by atoms with Crippen LogP contribution in [0.2, 0.25) is 0 Å². The number of rotatable bonds is 6. The zero-order chi connectivity index (χ0) is 13.4. The topological polar surface area (TPSA) is 0 Å². The van der Waals surface area contributed by atoms with Gasteiger partial charge in [-0.05, 0) is 38.0 Å². The van der Waals surface area contributed by atoms with Crippen molar-refractivity contribution in [1.82, 2.24) is 0 Å². The van der Waals surface area contributed by atoms with Crippen LogP contribution < -0.4 is 0 Å². The lowest BCUT2D eigenvalue weighted by Crippen LogP contribution is -1.94. The molecule has 0 nitrogen and oxygen atoms in total. The molecular formula is C16H21Cl. The van der Waals surface area contributed by atoms with Crippen molar-refractivity contribution >= 4 is 11.6 Å². The summed E-state index contributed by atoms with van der Waals surface area (Å²) in [6, 6.07) is 0. The van der Waals surface area contributed by atoms with Crippen molar-refractivity contribution < 1.29 is 0 Å². The molecule has 0 aliphatic heterocycles. The molecule has 0 N–H and O–H groups in total. The molecule has 0 aliphatic rings. The largest absolute Gasteiger partial charge is 0.102 e. The van der Waals surface area contributed by atoms with Gasteiger partial charge in [0.25, 0.3) is 0 Å². The van der Waals surface area contributed by atoms with Gasteiger partial charge in [-0.3, -0.25) is 0 Å². The molecule has 0 rings (SSSR count). The first kappa shape index (κ1) is 15.7. The normalized spacial score (nSPS) is 14.8. The zero-order valence-corrected chi connectivity index (χ0v) is 11.7. The van der Waals surface area contributed by atoms with E-state index < -0.39 is 0 Å². The Morgan fingerprint density at radius 3 is 2.24 bits per heavy atom. The number of hydrogen-bond donors (Lipinski definition) is 0. The first-order valence-corrected chi connectivity index (χ1v) is 5.95. The van der Waals surface area contributed by atoms with E-state index >= 15 is 0 Å². The minimum atomic E-state index is 0.0954. The van der Waals surface area contributed by atoms with Crippen LogP contribution in [0.15, 0.2) is 71.9 Å². The molecule has 92 valence electrons. The molecule has 0 heterocycles. The van der Waals surface area contributed by atoms with E-state index in [0.29, 0.717) is 5.03 Å². The molecule has 0 bridgehead atoms. The number of halogens is 1. The van der Waals surface area contributed by atoms with Crippen LogP contribution >= 0.6 is 11.6 Å². The van der Waals surface area contributed by atoms with E-state index in [1.807, 2.05) is 26.0 Å². The SMILES string of the molecule is C=CC(/C=C\C(C)=C/C)C(=C)/C=C(/Cl)C(=C)C. The molecule has 0 amide bonds. The Kier molecular flexibility index (Phi) is 7.32. The highest BCUT2D eigenvalue weighted by Gasteiger charge is 2.03. The Hall–Kier alpha value is -1.27. The quantitative estimate of drug-likeness (QED) is 0.426. The van der Waals surface area contributed by atoms with Gasteiger partial charge < -0.3 is 0 Å². The van der Waals surface area contributed by atoms with Gasteiger partial charge in [-0.1, -0.05) is 54.6 Å². The second-order valence-electron chi connectivity index (χ2n) is 4.00. The second kappa shape index (κ2) is 7.92. The van der Waals surface area contributed by atoms with E-state index in [0.717, 1.165) is 11.1 Å². The standard InChI is InChI=1S/C16H21Cl/c1-7-13(5)9-10-15(8-2)14(6)11-16(17)12(3)4/h7-11,15H,2-3,6H2,1,4-5H3/b10-9-,13-7-,16-11+. The first-order chi connectivity index (χ1) is 7.92. The van der Waals surface area contributed by atoms with E-state index in [2.05, 4.69) is 44.9 Å². The van der Waals surface area contributed by atoms with Crippen LogP contribution in [0.3, 0.4) is 0 Å². The van der Waals surface area contributed by atoms with E-state index in [1.54, 1.807) is 0 Å². The summed E-state index contributed by atoms with van der Waals surface area (Å²) in [5.41, 5.74) is 2.96. The molecule has 1 heteroatoms. The van der Waals surface area contributed by atoms with Crippen molar-refractivity contribution in [1.29, 1.82) is 0 Å². The third-order valence-corrected chi connectivity index (χ3v) is 2.86. The maximum absolute atomic E-state index is 6.03. The van der Waals surface area contributed by atoms with Crippen molar-refractivity contribution in [3.05, 3.63) is 71.9 Å². The molecule has 0 saturated carbocycles. The fraction of sp³-hybridized carbons (Fsp3) is 0.250. The summed E-state index contributed by atoms with van der Waals surface area (Å²) < 4.78 is 0. The molecule has 0 spiro atoms. The maximum atomic E-state index is 6.03. The summed E-state index contributed by atoms with van der Waals surface area (Å²) in [5, 5.41) is 0.637. The van der Waals surface area contributed by atoms with Gasteiger partial charge in [0.2, 0.25) is 0 Å². The highest BCUT2D eigenvalue weighted by Crippen LogP contribution is 2.20. The molecule has 17 heavy (non-hydrogen) atoms. The van der Waals surface area contributed by atoms with Gasteiger partial charge in [0.15, 0.2) is 0 Å². The average molecular weight is 249 g/mol. The molecule has 0 saturated heterocycles. The number of allylic oxidation sites excluding steroid dienone is 9.